The van der Waals surface area contributed by atoms with Gasteiger partial charge in [0.05, 0.1) is 30.1 Å². The van der Waals surface area contributed by atoms with E-state index in [9.17, 15) is 23.7 Å². The van der Waals surface area contributed by atoms with Crippen molar-refractivity contribution in [3.8, 4) is 5.75 Å². The largest absolute Gasteiger partial charge is 0.508 e. The number of methoxy groups -OCH3 is 1. The highest BCUT2D eigenvalue weighted by atomic mass is 35.5. The summed E-state index contributed by atoms with van der Waals surface area (Å²) in [6, 6.07) is 4.73. The molecular formula is C20H27ClO6S. The van der Waals surface area contributed by atoms with Crippen molar-refractivity contribution in [1.29, 1.82) is 0 Å². The molecule has 0 spiro atoms. The summed E-state index contributed by atoms with van der Waals surface area (Å²) in [5, 5.41) is 29.1. The Hall–Kier alpha value is -1.38. The zero-order chi connectivity index (χ0) is 20.9. The number of benzene rings is 1. The third-order valence-electron chi connectivity index (χ3n) is 4.94. The van der Waals surface area contributed by atoms with E-state index < -0.39 is 27.8 Å². The first-order valence-electron chi connectivity index (χ1n) is 9.12. The molecule has 0 amide bonds. The summed E-state index contributed by atoms with van der Waals surface area (Å²) in [5.74, 6) is -0.108. The van der Waals surface area contributed by atoms with Gasteiger partial charge in [-0.2, -0.15) is 0 Å². The van der Waals surface area contributed by atoms with Crippen LogP contribution in [-0.4, -0.2) is 61.2 Å². The van der Waals surface area contributed by atoms with Gasteiger partial charge in [-0.25, -0.2) is 8.42 Å². The Morgan fingerprint density at radius 2 is 2.14 bits per heavy atom. The van der Waals surface area contributed by atoms with Gasteiger partial charge in [-0.05, 0) is 54.2 Å². The van der Waals surface area contributed by atoms with Gasteiger partial charge in [0.1, 0.15) is 11.0 Å². The highest BCUT2D eigenvalue weighted by Gasteiger charge is 2.40. The van der Waals surface area contributed by atoms with Gasteiger partial charge in [0.2, 0.25) is 0 Å². The summed E-state index contributed by atoms with van der Waals surface area (Å²) in [6.45, 7) is 1.54. The molecule has 0 saturated heterocycles. The molecule has 6 nitrogen and oxygen atoms in total. The van der Waals surface area contributed by atoms with E-state index in [1.807, 2.05) is 13.0 Å². The summed E-state index contributed by atoms with van der Waals surface area (Å²) in [6.07, 6.45) is 2.52. The molecule has 2 atom stereocenters. The van der Waals surface area contributed by atoms with Crippen molar-refractivity contribution < 1.29 is 28.5 Å². The maximum absolute atomic E-state index is 12.3. The third kappa shape index (κ3) is 5.36. The molecule has 1 aromatic rings. The number of allylic oxidation sites excluding steroid dienone is 1. The molecule has 0 fully saturated rings. The van der Waals surface area contributed by atoms with Crippen LogP contribution in [0.25, 0.3) is 6.08 Å². The van der Waals surface area contributed by atoms with Crippen LogP contribution < -0.4 is 0 Å². The molecule has 0 radical (unpaired) electrons. The van der Waals surface area contributed by atoms with Gasteiger partial charge in [-0.1, -0.05) is 30.2 Å². The van der Waals surface area contributed by atoms with Crippen LogP contribution in [0, 0.1) is 0 Å². The zero-order valence-electron chi connectivity index (χ0n) is 16.1. The van der Waals surface area contributed by atoms with E-state index in [-0.39, 0.29) is 18.1 Å². The number of rotatable bonds is 9. The Kier molecular flexibility index (Phi) is 8.09. The molecule has 1 aliphatic rings. The van der Waals surface area contributed by atoms with Crippen LogP contribution in [0.3, 0.4) is 0 Å². The monoisotopic (exact) mass is 430 g/mol. The lowest BCUT2D eigenvalue weighted by Gasteiger charge is -2.19. The molecule has 0 bridgehead atoms. The van der Waals surface area contributed by atoms with Crippen LogP contribution in [0.5, 0.6) is 5.75 Å². The average molecular weight is 431 g/mol. The fraction of sp³-hybridized carbons (Fsp3) is 0.500. The second-order valence-electron chi connectivity index (χ2n) is 6.89. The van der Waals surface area contributed by atoms with Crippen LogP contribution in [-0.2, 0) is 14.6 Å². The fourth-order valence-electron chi connectivity index (χ4n) is 3.49. The SMILES string of the molecule is CC/C(=C\c1ccc(O)cc1Cl)CC[C@@H](O)C1=C(COC)CS(=O)(=O)[C@H]1CO. The number of hydrogen-bond acceptors (Lipinski definition) is 6. The van der Waals surface area contributed by atoms with E-state index in [0.29, 0.717) is 29.0 Å². The highest BCUT2D eigenvalue weighted by molar-refractivity contribution is 7.92. The normalized spacial score (nSPS) is 20.6. The number of hydrogen-bond donors (Lipinski definition) is 3. The molecule has 0 unspecified atom stereocenters. The molecule has 2 rings (SSSR count). The van der Waals surface area contributed by atoms with Gasteiger partial charge in [0.25, 0.3) is 0 Å². The minimum Gasteiger partial charge on any atom is -0.508 e. The second kappa shape index (κ2) is 9.89. The fourth-order valence-corrected chi connectivity index (χ4v) is 5.59. The lowest BCUT2D eigenvalue weighted by Crippen LogP contribution is -2.29. The molecular weight excluding hydrogens is 404 g/mol. The molecule has 3 N–H and O–H groups in total. The molecule has 28 heavy (non-hydrogen) atoms. The van der Waals surface area contributed by atoms with Crippen molar-refractivity contribution in [3.63, 3.8) is 0 Å². The van der Waals surface area contributed by atoms with Gasteiger partial charge < -0.3 is 20.1 Å². The summed E-state index contributed by atoms with van der Waals surface area (Å²) in [7, 11) is -2.06. The van der Waals surface area contributed by atoms with E-state index in [1.165, 1.54) is 13.2 Å². The number of aliphatic hydroxyl groups is 2. The van der Waals surface area contributed by atoms with Gasteiger partial charge in [-0.3, -0.25) is 0 Å². The Bertz CT molecular complexity index is 859. The second-order valence-corrected chi connectivity index (χ2v) is 9.48. The van der Waals surface area contributed by atoms with Crippen molar-refractivity contribution in [1.82, 2.24) is 0 Å². The van der Waals surface area contributed by atoms with Crippen LogP contribution in [0.1, 0.15) is 31.7 Å². The topological polar surface area (TPSA) is 104 Å². The van der Waals surface area contributed by atoms with E-state index in [0.717, 1.165) is 17.6 Å². The summed E-state index contributed by atoms with van der Waals surface area (Å²) in [4.78, 5) is 0. The van der Waals surface area contributed by atoms with Crippen LogP contribution in [0.2, 0.25) is 5.02 Å². The van der Waals surface area contributed by atoms with Crippen molar-refractivity contribution in [2.75, 3.05) is 26.1 Å². The molecule has 0 aromatic heterocycles. The molecule has 156 valence electrons. The van der Waals surface area contributed by atoms with Crippen molar-refractivity contribution in [2.45, 2.75) is 37.5 Å². The smallest absolute Gasteiger partial charge is 0.163 e. The molecule has 1 aromatic carbocycles. The minimum atomic E-state index is -3.52. The third-order valence-corrected chi connectivity index (χ3v) is 7.29. The lowest BCUT2D eigenvalue weighted by atomic mass is 9.94. The number of aromatic hydroxyl groups is 1. The number of halogens is 1. The van der Waals surface area contributed by atoms with E-state index in [4.69, 9.17) is 16.3 Å². The van der Waals surface area contributed by atoms with Gasteiger partial charge in [0, 0.05) is 7.11 Å². The average Bonchev–Trinajstić information content (AvgIpc) is 2.89. The highest BCUT2D eigenvalue weighted by Crippen LogP contribution is 2.32. The first-order valence-corrected chi connectivity index (χ1v) is 11.2. The minimum absolute atomic E-state index is 0.0886. The number of ether oxygens (including phenoxy) is 1. The van der Waals surface area contributed by atoms with Crippen molar-refractivity contribution in [3.05, 3.63) is 45.5 Å². The molecule has 8 heteroatoms. The maximum Gasteiger partial charge on any atom is 0.163 e. The van der Waals surface area contributed by atoms with Crippen molar-refractivity contribution >= 4 is 27.5 Å². The standard InChI is InChI=1S/C20H27ClO6S/c1-3-13(8-14-5-6-16(23)9-17(14)21)4-7-18(24)20-15(11-27-2)12-28(25,26)19(20)10-22/h5-6,8-9,18-19,22-24H,3-4,7,10-12H2,1-2H3/b13-8+/t18-,19+/m1/s1. The number of phenols is 1. The van der Waals surface area contributed by atoms with Crippen LogP contribution in [0.15, 0.2) is 34.9 Å². The first-order chi connectivity index (χ1) is 13.2. The van der Waals surface area contributed by atoms with Crippen LogP contribution in [0.4, 0.5) is 0 Å². The Balaban J connectivity index is 2.19. The van der Waals surface area contributed by atoms with Gasteiger partial charge in [0.15, 0.2) is 9.84 Å². The van der Waals surface area contributed by atoms with Crippen molar-refractivity contribution in [2.24, 2.45) is 0 Å². The summed E-state index contributed by atoms with van der Waals surface area (Å²) in [5.41, 5.74) is 2.68. The van der Waals surface area contributed by atoms with E-state index in [2.05, 4.69) is 0 Å². The van der Waals surface area contributed by atoms with Crippen LogP contribution >= 0.6 is 11.6 Å². The van der Waals surface area contributed by atoms with E-state index >= 15 is 0 Å². The maximum atomic E-state index is 12.3. The van der Waals surface area contributed by atoms with Gasteiger partial charge >= 0.3 is 0 Å². The molecule has 1 aliphatic heterocycles. The quantitative estimate of drug-likeness (QED) is 0.520. The lowest BCUT2D eigenvalue weighted by molar-refractivity contribution is 0.182. The Morgan fingerprint density at radius 1 is 1.43 bits per heavy atom. The summed E-state index contributed by atoms with van der Waals surface area (Å²) >= 11 is 6.15. The predicted octanol–water partition coefficient (Wildman–Crippen LogP) is 2.71. The molecule has 0 saturated carbocycles. The zero-order valence-corrected chi connectivity index (χ0v) is 17.6. The Morgan fingerprint density at radius 3 is 2.71 bits per heavy atom. The summed E-state index contributed by atoms with van der Waals surface area (Å²) < 4.78 is 29.6. The predicted molar refractivity (Wildman–Crippen MR) is 110 cm³/mol. The molecule has 1 heterocycles. The van der Waals surface area contributed by atoms with E-state index in [1.54, 1.807) is 12.1 Å². The molecule has 0 aliphatic carbocycles. The Labute approximate surface area is 171 Å². The number of phenolic OH excluding ortho intramolecular Hbond substituents is 1. The number of sulfone groups is 1. The first kappa shape index (κ1) is 22.9. The van der Waals surface area contributed by atoms with Gasteiger partial charge in [-0.15, -0.1) is 0 Å². The number of aliphatic hydroxyl groups excluding tert-OH is 2.